The van der Waals surface area contributed by atoms with Crippen molar-refractivity contribution in [1.29, 1.82) is 0 Å². The monoisotopic (exact) mass is 282 g/mol. The minimum atomic E-state index is 0.250. The van der Waals surface area contributed by atoms with E-state index in [2.05, 4.69) is 52.4 Å². The van der Waals surface area contributed by atoms with E-state index < -0.39 is 0 Å². The summed E-state index contributed by atoms with van der Waals surface area (Å²) in [6, 6.07) is 0.261. The lowest BCUT2D eigenvalue weighted by atomic mass is 10.3. The molecule has 7 heteroatoms. The van der Waals surface area contributed by atoms with Crippen LogP contribution >= 0.6 is 0 Å². The van der Waals surface area contributed by atoms with Gasteiger partial charge in [0.2, 0.25) is 17.8 Å². The maximum absolute atomic E-state index is 5.83. The molecule has 0 atom stereocenters. The third-order valence-electron chi connectivity index (χ3n) is 3.09. The van der Waals surface area contributed by atoms with Crippen LogP contribution in [0.4, 0.5) is 17.8 Å². The van der Waals surface area contributed by atoms with Crippen molar-refractivity contribution < 1.29 is 4.74 Å². The van der Waals surface area contributed by atoms with Crippen LogP contribution in [0.5, 0.6) is 0 Å². The summed E-state index contributed by atoms with van der Waals surface area (Å²) in [5, 5.41) is 0. The Bertz CT molecular complexity index is 408. The van der Waals surface area contributed by atoms with E-state index in [1.165, 1.54) is 0 Å². The number of hydrogen-bond donors (Lipinski definition) is 1. The summed E-state index contributed by atoms with van der Waals surface area (Å²) in [6.45, 7) is 11.3. The van der Waals surface area contributed by atoms with Crippen LogP contribution in [0.3, 0.4) is 0 Å². The van der Waals surface area contributed by atoms with Crippen molar-refractivity contribution in [2.45, 2.75) is 33.7 Å². The standard InChI is InChI=1S/C13H26N6O/c1-6-18(7-2)12-15-11(14)16-13(17-12)19(10(3)4)8-9-20-5/h10H,6-9H2,1-5H3,(H2,14,15,16,17). The molecule has 0 aliphatic heterocycles. The van der Waals surface area contributed by atoms with Crippen LogP contribution in [-0.4, -0.2) is 54.3 Å². The zero-order valence-electron chi connectivity index (χ0n) is 13.1. The molecule has 0 unspecified atom stereocenters. The number of ether oxygens (including phenoxy) is 1. The van der Waals surface area contributed by atoms with Crippen LogP contribution in [0.1, 0.15) is 27.7 Å². The number of anilines is 3. The molecule has 0 amide bonds. The van der Waals surface area contributed by atoms with Gasteiger partial charge < -0.3 is 20.3 Å². The number of rotatable bonds is 8. The lowest BCUT2D eigenvalue weighted by Crippen LogP contribution is -2.36. The lowest BCUT2D eigenvalue weighted by Gasteiger charge is -2.27. The fourth-order valence-electron chi connectivity index (χ4n) is 1.92. The Morgan fingerprint density at radius 3 is 2.20 bits per heavy atom. The Balaban J connectivity index is 3.08. The first-order valence-electron chi connectivity index (χ1n) is 7.05. The van der Waals surface area contributed by atoms with Crippen LogP contribution in [0, 0.1) is 0 Å². The molecule has 0 fully saturated rings. The molecular weight excluding hydrogens is 256 g/mol. The molecule has 1 heterocycles. The Kier molecular flexibility index (Phi) is 6.44. The van der Waals surface area contributed by atoms with Gasteiger partial charge in [-0.05, 0) is 27.7 Å². The van der Waals surface area contributed by atoms with Gasteiger partial charge in [0, 0.05) is 32.8 Å². The smallest absolute Gasteiger partial charge is 0.232 e. The van der Waals surface area contributed by atoms with Crippen LogP contribution in [0.15, 0.2) is 0 Å². The van der Waals surface area contributed by atoms with Gasteiger partial charge in [0.1, 0.15) is 0 Å². The van der Waals surface area contributed by atoms with Gasteiger partial charge in [-0.1, -0.05) is 0 Å². The SMILES string of the molecule is CCN(CC)c1nc(N)nc(N(CCOC)C(C)C)n1. The van der Waals surface area contributed by atoms with Crippen molar-refractivity contribution in [1.82, 2.24) is 15.0 Å². The Labute approximate surface area is 121 Å². The third-order valence-corrected chi connectivity index (χ3v) is 3.09. The summed E-state index contributed by atoms with van der Waals surface area (Å²) in [5.74, 6) is 1.48. The van der Waals surface area contributed by atoms with E-state index in [1.807, 2.05) is 0 Å². The normalized spacial score (nSPS) is 10.9. The largest absolute Gasteiger partial charge is 0.383 e. The van der Waals surface area contributed by atoms with Gasteiger partial charge in [0.15, 0.2) is 0 Å². The minimum Gasteiger partial charge on any atom is -0.383 e. The second-order valence-corrected chi connectivity index (χ2v) is 4.75. The van der Waals surface area contributed by atoms with Gasteiger partial charge in [-0.3, -0.25) is 0 Å². The van der Waals surface area contributed by atoms with E-state index in [-0.39, 0.29) is 12.0 Å². The van der Waals surface area contributed by atoms with Crippen molar-refractivity contribution in [2.75, 3.05) is 48.9 Å². The Morgan fingerprint density at radius 1 is 1.10 bits per heavy atom. The molecule has 0 radical (unpaired) electrons. The summed E-state index contributed by atoms with van der Waals surface area (Å²) >= 11 is 0. The summed E-state index contributed by atoms with van der Waals surface area (Å²) < 4.78 is 5.14. The maximum Gasteiger partial charge on any atom is 0.232 e. The molecule has 0 aliphatic rings. The van der Waals surface area contributed by atoms with E-state index in [0.29, 0.717) is 18.5 Å². The highest BCUT2D eigenvalue weighted by Crippen LogP contribution is 2.17. The number of nitrogens with zero attached hydrogens (tertiary/aromatic N) is 5. The van der Waals surface area contributed by atoms with E-state index in [4.69, 9.17) is 10.5 Å². The number of aromatic nitrogens is 3. The third kappa shape index (κ3) is 4.19. The first kappa shape index (κ1) is 16.4. The van der Waals surface area contributed by atoms with Gasteiger partial charge in [-0.2, -0.15) is 15.0 Å². The maximum atomic E-state index is 5.83. The highest BCUT2D eigenvalue weighted by Gasteiger charge is 2.17. The number of nitrogens with two attached hydrogens (primary N) is 1. The van der Waals surface area contributed by atoms with Crippen LogP contribution in [0.25, 0.3) is 0 Å². The Hall–Kier alpha value is -1.63. The van der Waals surface area contributed by atoms with Crippen molar-refractivity contribution >= 4 is 17.8 Å². The second kappa shape index (κ2) is 7.84. The quantitative estimate of drug-likeness (QED) is 0.766. The molecule has 0 aromatic carbocycles. The molecule has 0 spiro atoms. The van der Waals surface area contributed by atoms with Crippen molar-refractivity contribution in [3.05, 3.63) is 0 Å². The van der Waals surface area contributed by atoms with Crippen molar-refractivity contribution in [2.24, 2.45) is 0 Å². The van der Waals surface area contributed by atoms with Gasteiger partial charge in [-0.25, -0.2) is 0 Å². The predicted molar refractivity (Wildman–Crippen MR) is 82.2 cm³/mol. The van der Waals surface area contributed by atoms with Gasteiger partial charge in [0.05, 0.1) is 6.61 Å². The summed E-state index contributed by atoms with van der Waals surface area (Å²) in [6.07, 6.45) is 0. The average Bonchev–Trinajstić information content (AvgIpc) is 2.39. The van der Waals surface area contributed by atoms with Crippen molar-refractivity contribution in [3.8, 4) is 0 Å². The molecule has 20 heavy (non-hydrogen) atoms. The molecule has 114 valence electrons. The minimum absolute atomic E-state index is 0.250. The van der Waals surface area contributed by atoms with Crippen LogP contribution in [-0.2, 0) is 4.74 Å². The van der Waals surface area contributed by atoms with E-state index in [1.54, 1.807) is 7.11 Å². The molecule has 1 rings (SSSR count). The first-order chi connectivity index (χ1) is 9.53. The number of methoxy groups -OCH3 is 1. The molecule has 1 aromatic heterocycles. The highest BCUT2D eigenvalue weighted by atomic mass is 16.5. The number of hydrogen-bond acceptors (Lipinski definition) is 7. The topological polar surface area (TPSA) is 80.4 Å². The fourth-order valence-corrected chi connectivity index (χ4v) is 1.92. The molecular formula is C13H26N6O. The molecule has 0 bridgehead atoms. The highest BCUT2D eigenvalue weighted by molar-refractivity contribution is 5.43. The molecule has 7 nitrogen and oxygen atoms in total. The van der Waals surface area contributed by atoms with Gasteiger partial charge in [-0.15, -0.1) is 0 Å². The van der Waals surface area contributed by atoms with E-state index >= 15 is 0 Å². The Morgan fingerprint density at radius 2 is 1.70 bits per heavy atom. The predicted octanol–water partition coefficient (Wildman–Crippen LogP) is 1.16. The van der Waals surface area contributed by atoms with Gasteiger partial charge >= 0.3 is 0 Å². The van der Waals surface area contributed by atoms with E-state index in [0.717, 1.165) is 19.6 Å². The van der Waals surface area contributed by atoms with E-state index in [9.17, 15) is 0 Å². The molecule has 1 aromatic rings. The fraction of sp³-hybridized carbons (Fsp3) is 0.769. The zero-order chi connectivity index (χ0) is 15.1. The molecule has 0 saturated carbocycles. The summed E-state index contributed by atoms with van der Waals surface area (Å²) in [7, 11) is 1.68. The van der Waals surface area contributed by atoms with Crippen LogP contribution in [0.2, 0.25) is 0 Å². The van der Waals surface area contributed by atoms with Crippen LogP contribution < -0.4 is 15.5 Å². The lowest BCUT2D eigenvalue weighted by molar-refractivity contribution is 0.203. The summed E-state index contributed by atoms with van der Waals surface area (Å²) in [4.78, 5) is 17.1. The van der Waals surface area contributed by atoms with Crippen molar-refractivity contribution in [3.63, 3.8) is 0 Å². The van der Waals surface area contributed by atoms with Gasteiger partial charge in [0.25, 0.3) is 0 Å². The molecule has 2 N–H and O–H groups in total. The first-order valence-corrected chi connectivity index (χ1v) is 7.05. The number of nitrogen functional groups attached to an aromatic ring is 1. The zero-order valence-corrected chi connectivity index (χ0v) is 13.1. The second-order valence-electron chi connectivity index (χ2n) is 4.75. The average molecular weight is 282 g/mol. The molecule has 0 aliphatic carbocycles. The molecule has 0 saturated heterocycles. The summed E-state index contributed by atoms with van der Waals surface area (Å²) in [5.41, 5.74) is 5.83.